The molecule has 1 saturated heterocycles. The minimum atomic E-state index is -1.54. The summed E-state index contributed by atoms with van der Waals surface area (Å²) >= 11 is 11.9. The van der Waals surface area contributed by atoms with Crippen LogP contribution in [0.25, 0.3) is 11.1 Å². The Morgan fingerprint density at radius 1 is 0.911 bits per heavy atom. The normalized spacial score (nSPS) is 20.7. The van der Waals surface area contributed by atoms with Crippen molar-refractivity contribution in [3.05, 3.63) is 50.7 Å². The third kappa shape index (κ3) is 8.05. The molecule has 0 unspecified atom stereocenters. The number of aromatic nitrogens is 1. The van der Waals surface area contributed by atoms with E-state index in [1.807, 2.05) is 0 Å². The Labute approximate surface area is 268 Å². The van der Waals surface area contributed by atoms with Gasteiger partial charge in [-0.25, -0.2) is 4.79 Å². The van der Waals surface area contributed by atoms with Crippen LogP contribution in [0.5, 0.6) is 0 Å². The van der Waals surface area contributed by atoms with Gasteiger partial charge < -0.3 is 33.0 Å². The van der Waals surface area contributed by atoms with Gasteiger partial charge in [-0.1, -0.05) is 36.0 Å². The largest absolute Gasteiger partial charge is 0.463 e. The number of rotatable bonds is 9. The summed E-state index contributed by atoms with van der Waals surface area (Å²) in [7, 11) is 0. The summed E-state index contributed by atoms with van der Waals surface area (Å²) in [5.41, 5.74) is 0.535. The van der Waals surface area contributed by atoms with Gasteiger partial charge in [0.2, 0.25) is 0 Å². The van der Waals surface area contributed by atoms with E-state index in [9.17, 15) is 29.2 Å². The molecular weight excluding hydrogens is 632 g/mol. The number of ether oxygens (including phenoxy) is 6. The molecule has 0 amide bonds. The van der Waals surface area contributed by atoms with E-state index in [2.05, 4.69) is 6.07 Å². The van der Waals surface area contributed by atoms with E-state index in [1.54, 1.807) is 31.2 Å². The fraction of sp³-hybridized carbons (Fsp3) is 0.433. The van der Waals surface area contributed by atoms with E-state index < -0.39 is 67.1 Å². The number of hydrogen-bond donors (Lipinski definition) is 0. The lowest BCUT2D eigenvalue weighted by Gasteiger charge is -2.45. The van der Waals surface area contributed by atoms with Crippen LogP contribution in [0.4, 0.5) is 0 Å². The maximum absolute atomic E-state index is 13.5. The van der Waals surface area contributed by atoms with Gasteiger partial charge in [-0.3, -0.25) is 19.2 Å². The third-order valence-corrected chi connectivity index (χ3v) is 7.25. The second-order valence-electron chi connectivity index (χ2n) is 9.81. The van der Waals surface area contributed by atoms with Crippen molar-refractivity contribution in [1.82, 2.24) is 4.57 Å². The molecule has 45 heavy (non-hydrogen) atoms. The fourth-order valence-electron chi connectivity index (χ4n) is 4.99. The molecule has 3 rings (SSSR count). The molecule has 5 atom stereocenters. The maximum atomic E-state index is 13.5. The summed E-state index contributed by atoms with van der Waals surface area (Å²) in [6.07, 6.45) is -7.28. The fourth-order valence-corrected chi connectivity index (χ4v) is 5.50. The Balaban J connectivity index is 2.43. The summed E-state index contributed by atoms with van der Waals surface area (Å²) in [6.45, 7) is 7.05. The average Bonchev–Trinajstić information content (AvgIpc) is 2.94. The molecule has 1 fully saturated rings. The number of nitrogens with zero attached hydrogens (tertiary/aromatic N) is 2. The number of carbonyl (C=O) groups excluding carboxylic acids is 5. The molecule has 0 bridgehead atoms. The highest BCUT2D eigenvalue weighted by Crippen LogP contribution is 2.39. The van der Waals surface area contributed by atoms with Gasteiger partial charge in [0.05, 0.1) is 17.7 Å². The predicted octanol–water partition coefficient (Wildman–Crippen LogP) is 4.15. The Kier molecular flexibility index (Phi) is 11.8. The van der Waals surface area contributed by atoms with Crippen molar-refractivity contribution < 1.29 is 52.4 Å². The van der Waals surface area contributed by atoms with Gasteiger partial charge in [0.1, 0.15) is 23.4 Å². The molecule has 1 aliphatic rings. The van der Waals surface area contributed by atoms with Crippen molar-refractivity contribution >= 4 is 53.7 Å². The minimum absolute atomic E-state index is 0.00506. The van der Waals surface area contributed by atoms with Crippen LogP contribution in [0.3, 0.4) is 0 Å². The zero-order valence-electron chi connectivity index (χ0n) is 25.3. The SMILES string of the molecule is CCOC(=O)c1c(-c2ccc(Cl)cc2)c(C#N)c(=S)n([C@H]2O[C@@H](COC(C)=O)[C@@H](OC(C)=O)[C@@H](OC(C)=O)[C@@H]2OC(C)=O)c1C. The van der Waals surface area contributed by atoms with Crippen LogP contribution < -0.4 is 0 Å². The standard InChI is InChI=1S/C30H31ClN2O11S/c1-7-39-30(38)23-14(2)33(29(45)21(12-32)24(23)19-8-10-20(31)11-9-19)28-27(43-18(6)37)26(42-17(5)36)25(41-16(4)35)22(44-28)13-40-15(3)34/h8-11,22,25-28H,7,13H2,1-6H3/t22-,25+,26+,27-,28-/m0/s1. The number of pyridine rings is 1. The minimum Gasteiger partial charge on any atom is -0.463 e. The number of carbonyl (C=O) groups is 5. The summed E-state index contributed by atoms with van der Waals surface area (Å²) in [4.78, 5) is 62.1. The first-order chi connectivity index (χ1) is 21.2. The molecule has 13 nitrogen and oxygen atoms in total. The van der Waals surface area contributed by atoms with E-state index in [4.69, 9.17) is 52.2 Å². The number of hydrogen-bond acceptors (Lipinski definition) is 13. The highest BCUT2D eigenvalue weighted by molar-refractivity contribution is 7.71. The molecule has 2 heterocycles. The highest BCUT2D eigenvalue weighted by atomic mass is 35.5. The second kappa shape index (κ2) is 15.1. The van der Waals surface area contributed by atoms with Crippen molar-refractivity contribution in [2.24, 2.45) is 0 Å². The summed E-state index contributed by atoms with van der Waals surface area (Å²) in [6, 6.07) is 8.41. The Morgan fingerprint density at radius 3 is 1.98 bits per heavy atom. The van der Waals surface area contributed by atoms with Crippen LogP contribution in [0.2, 0.25) is 5.02 Å². The van der Waals surface area contributed by atoms with Gasteiger partial charge in [-0.15, -0.1) is 0 Å². The molecule has 1 aliphatic heterocycles. The Bertz CT molecular complexity index is 1600. The second-order valence-corrected chi connectivity index (χ2v) is 10.6. The zero-order valence-corrected chi connectivity index (χ0v) is 26.9. The van der Waals surface area contributed by atoms with Crippen LogP contribution in [0, 0.1) is 22.9 Å². The molecule has 15 heteroatoms. The number of benzene rings is 1. The first-order valence-electron chi connectivity index (χ1n) is 13.6. The number of halogens is 1. The quantitative estimate of drug-likeness (QED) is 0.213. The average molecular weight is 663 g/mol. The van der Waals surface area contributed by atoms with E-state index >= 15 is 0 Å². The third-order valence-electron chi connectivity index (χ3n) is 6.60. The molecule has 1 aromatic carbocycles. The Morgan fingerprint density at radius 2 is 1.47 bits per heavy atom. The van der Waals surface area contributed by atoms with E-state index in [0.29, 0.717) is 10.6 Å². The molecule has 0 radical (unpaired) electrons. The monoisotopic (exact) mass is 662 g/mol. The molecule has 0 saturated carbocycles. The molecule has 2 aromatic rings. The van der Waals surface area contributed by atoms with Crippen molar-refractivity contribution in [3.8, 4) is 17.2 Å². The Hall–Kier alpha value is -4.32. The van der Waals surface area contributed by atoms with E-state index in [0.717, 1.165) is 27.7 Å². The molecule has 0 aliphatic carbocycles. The van der Waals surface area contributed by atoms with Crippen LogP contribution >= 0.6 is 23.8 Å². The van der Waals surface area contributed by atoms with Gasteiger partial charge in [0, 0.05) is 44.0 Å². The predicted molar refractivity (Wildman–Crippen MR) is 158 cm³/mol. The summed E-state index contributed by atoms with van der Waals surface area (Å²) in [5, 5.41) is 10.8. The van der Waals surface area contributed by atoms with Gasteiger partial charge in [-0.05, 0) is 31.5 Å². The van der Waals surface area contributed by atoms with Crippen LogP contribution in [-0.4, -0.2) is 72.0 Å². The van der Waals surface area contributed by atoms with Crippen molar-refractivity contribution in [2.45, 2.75) is 72.2 Å². The first kappa shape index (κ1) is 35.2. The lowest BCUT2D eigenvalue weighted by molar-refractivity contribution is -0.269. The van der Waals surface area contributed by atoms with Crippen molar-refractivity contribution in [3.63, 3.8) is 0 Å². The highest BCUT2D eigenvalue weighted by Gasteiger charge is 2.53. The summed E-state index contributed by atoms with van der Waals surface area (Å²) < 4.78 is 34.5. The topological polar surface area (TPSA) is 169 Å². The van der Waals surface area contributed by atoms with Gasteiger partial charge in [-0.2, -0.15) is 5.26 Å². The summed E-state index contributed by atoms with van der Waals surface area (Å²) in [5.74, 6) is -3.96. The first-order valence-corrected chi connectivity index (χ1v) is 14.4. The lowest BCUT2D eigenvalue weighted by atomic mass is 9.93. The van der Waals surface area contributed by atoms with Gasteiger partial charge in [0.15, 0.2) is 24.5 Å². The maximum Gasteiger partial charge on any atom is 0.340 e. The molecule has 240 valence electrons. The molecule has 0 spiro atoms. The van der Waals surface area contributed by atoms with Gasteiger partial charge in [0.25, 0.3) is 0 Å². The number of esters is 5. The molecule has 1 aromatic heterocycles. The van der Waals surface area contributed by atoms with Crippen LogP contribution in [0.15, 0.2) is 24.3 Å². The molecule has 0 N–H and O–H groups in total. The van der Waals surface area contributed by atoms with E-state index in [-0.39, 0.29) is 33.6 Å². The zero-order chi connectivity index (χ0) is 33.6. The van der Waals surface area contributed by atoms with Gasteiger partial charge >= 0.3 is 29.8 Å². The van der Waals surface area contributed by atoms with Crippen molar-refractivity contribution in [2.75, 3.05) is 13.2 Å². The lowest BCUT2D eigenvalue weighted by Crippen LogP contribution is -2.60. The smallest absolute Gasteiger partial charge is 0.340 e. The van der Waals surface area contributed by atoms with Crippen LogP contribution in [0.1, 0.15) is 62.5 Å². The number of nitriles is 1. The van der Waals surface area contributed by atoms with E-state index in [1.165, 1.54) is 11.5 Å². The van der Waals surface area contributed by atoms with Crippen molar-refractivity contribution in [1.29, 1.82) is 5.26 Å². The van der Waals surface area contributed by atoms with Crippen LogP contribution in [-0.2, 0) is 47.6 Å². The molecular formula is C30H31ClN2O11S.